The lowest BCUT2D eigenvalue weighted by atomic mass is 9.99. The van der Waals surface area contributed by atoms with Gasteiger partial charge in [-0.3, -0.25) is 0 Å². The van der Waals surface area contributed by atoms with Crippen LogP contribution < -0.4 is 10.1 Å². The summed E-state index contributed by atoms with van der Waals surface area (Å²) in [5.41, 5.74) is 3.28. The standard InChI is InChI=1S/C20H27N3O4/c1-5-12(2)18(19(24)27-4)22-20(25)23-9-8-14-15-10-13(26-3)6-7-16(15)21-17(14)11-23/h6-7,10,12,18,21H,5,8-9,11H2,1-4H3,(H,22,25)/t12-,18-/m0/s1. The van der Waals surface area contributed by atoms with Crippen molar-refractivity contribution in [2.24, 2.45) is 5.92 Å². The van der Waals surface area contributed by atoms with Gasteiger partial charge in [-0.15, -0.1) is 0 Å². The number of hydrogen-bond donors (Lipinski definition) is 2. The second-order valence-electron chi connectivity index (χ2n) is 7.00. The Morgan fingerprint density at radius 1 is 1.33 bits per heavy atom. The van der Waals surface area contributed by atoms with Gasteiger partial charge in [0, 0.05) is 23.1 Å². The number of aromatic nitrogens is 1. The molecule has 0 unspecified atom stereocenters. The highest BCUT2D eigenvalue weighted by atomic mass is 16.5. The number of fused-ring (bicyclic) bond motifs is 3. The van der Waals surface area contributed by atoms with Crippen LogP contribution in [0.4, 0.5) is 4.79 Å². The van der Waals surface area contributed by atoms with Crippen LogP contribution in [0.2, 0.25) is 0 Å². The lowest BCUT2D eigenvalue weighted by Gasteiger charge is -2.30. The number of nitrogens with one attached hydrogen (secondary N) is 2. The number of carbonyl (C=O) groups is 2. The Morgan fingerprint density at radius 2 is 2.11 bits per heavy atom. The molecule has 0 bridgehead atoms. The Hall–Kier alpha value is -2.70. The van der Waals surface area contributed by atoms with E-state index in [4.69, 9.17) is 9.47 Å². The molecule has 0 radical (unpaired) electrons. The number of nitrogens with zero attached hydrogens (tertiary/aromatic N) is 1. The van der Waals surface area contributed by atoms with Crippen molar-refractivity contribution in [3.63, 3.8) is 0 Å². The van der Waals surface area contributed by atoms with E-state index in [9.17, 15) is 9.59 Å². The van der Waals surface area contributed by atoms with E-state index in [2.05, 4.69) is 10.3 Å². The highest BCUT2D eigenvalue weighted by molar-refractivity contribution is 5.87. The fourth-order valence-electron chi connectivity index (χ4n) is 3.54. The number of benzene rings is 1. The predicted octanol–water partition coefficient (Wildman–Crippen LogP) is 2.83. The molecule has 1 aliphatic rings. The Balaban J connectivity index is 1.77. The van der Waals surface area contributed by atoms with Gasteiger partial charge in [-0.05, 0) is 36.1 Å². The highest BCUT2D eigenvalue weighted by Gasteiger charge is 2.30. The number of rotatable bonds is 5. The lowest BCUT2D eigenvalue weighted by Crippen LogP contribution is -2.51. The molecule has 2 N–H and O–H groups in total. The van der Waals surface area contributed by atoms with E-state index in [1.165, 1.54) is 12.7 Å². The maximum Gasteiger partial charge on any atom is 0.328 e. The molecule has 0 spiro atoms. The predicted molar refractivity (Wildman–Crippen MR) is 103 cm³/mol. The van der Waals surface area contributed by atoms with Crippen LogP contribution in [0, 0.1) is 5.92 Å². The van der Waals surface area contributed by atoms with Gasteiger partial charge in [0.15, 0.2) is 0 Å². The molecule has 2 aromatic rings. The van der Waals surface area contributed by atoms with E-state index in [1.807, 2.05) is 32.0 Å². The molecule has 1 aromatic carbocycles. The number of methoxy groups -OCH3 is 2. The minimum Gasteiger partial charge on any atom is -0.497 e. The molecule has 2 atom stereocenters. The lowest BCUT2D eigenvalue weighted by molar-refractivity contribution is -0.144. The summed E-state index contributed by atoms with van der Waals surface area (Å²) < 4.78 is 10.2. The van der Waals surface area contributed by atoms with Gasteiger partial charge in [-0.1, -0.05) is 20.3 Å². The summed E-state index contributed by atoms with van der Waals surface area (Å²) in [5.74, 6) is 0.411. The van der Waals surface area contributed by atoms with Crippen molar-refractivity contribution >= 4 is 22.9 Å². The van der Waals surface area contributed by atoms with E-state index < -0.39 is 12.0 Å². The molecule has 2 heterocycles. The first kappa shape index (κ1) is 19.1. The first-order chi connectivity index (χ1) is 13.0. The molecular weight excluding hydrogens is 346 g/mol. The zero-order valence-corrected chi connectivity index (χ0v) is 16.3. The molecule has 1 aliphatic heterocycles. The van der Waals surface area contributed by atoms with Crippen molar-refractivity contribution in [3.05, 3.63) is 29.5 Å². The largest absolute Gasteiger partial charge is 0.497 e. The van der Waals surface area contributed by atoms with Crippen LogP contribution >= 0.6 is 0 Å². The van der Waals surface area contributed by atoms with Crippen LogP contribution in [0.5, 0.6) is 5.75 Å². The van der Waals surface area contributed by atoms with Crippen LogP contribution in [0.15, 0.2) is 18.2 Å². The summed E-state index contributed by atoms with van der Waals surface area (Å²) in [6.45, 7) is 4.99. The van der Waals surface area contributed by atoms with E-state index in [0.29, 0.717) is 13.1 Å². The molecule has 0 saturated heterocycles. The molecule has 0 fully saturated rings. The number of hydrogen-bond acceptors (Lipinski definition) is 4. The third-order valence-electron chi connectivity index (χ3n) is 5.42. The summed E-state index contributed by atoms with van der Waals surface area (Å²) in [4.78, 5) is 29.9. The Bertz CT molecular complexity index is 845. The first-order valence-corrected chi connectivity index (χ1v) is 9.29. The van der Waals surface area contributed by atoms with Gasteiger partial charge in [0.1, 0.15) is 11.8 Å². The monoisotopic (exact) mass is 373 g/mol. The number of aromatic amines is 1. The Labute approximate surface area is 159 Å². The number of H-pyrrole nitrogens is 1. The quantitative estimate of drug-likeness (QED) is 0.790. The molecule has 0 saturated carbocycles. The summed E-state index contributed by atoms with van der Waals surface area (Å²) >= 11 is 0. The third kappa shape index (κ3) is 3.72. The smallest absolute Gasteiger partial charge is 0.328 e. The van der Waals surface area contributed by atoms with Crippen molar-refractivity contribution in [2.75, 3.05) is 20.8 Å². The molecule has 27 heavy (non-hydrogen) atoms. The van der Waals surface area contributed by atoms with Gasteiger partial charge in [0.2, 0.25) is 0 Å². The minimum atomic E-state index is -0.638. The Morgan fingerprint density at radius 3 is 2.78 bits per heavy atom. The van der Waals surface area contributed by atoms with E-state index >= 15 is 0 Å². The fraction of sp³-hybridized carbons (Fsp3) is 0.500. The molecule has 146 valence electrons. The van der Waals surface area contributed by atoms with Gasteiger partial charge in [-0.25, -0.2) is 9.59 Å². The average molecular weight is 373 g/mol. The molecule has 1 aromatic heterocycles. The van der Waals surface area contributed by atoms with Gasteiger partial charge in [0.05, 0.1) is 20.8 Å². The third-order valence-corrected chi connectivity index (χ3v) is 5.42. The fourth-order valence-corrected chi connectivity index (χ4v) is 3.54. The number of urea groups is 1. The second-order valence-corrected chi connectivity index (χ2v) is 7.00. The van der Waals surface area contributed by atoms with E-state index in [1.54, 1.807) is 12.0 Å². The first-order valence-electron chi connectivity index (χ1n) is 9.29. The maximum atomic E-state index is 12.7. The summed E-state index contributed by atoms with van der Waals surface area (Å²) in [6.07, 6.45) is 1.52. The molecular formula is C20H27N3O4. The molecule has 0 aliphatic carbocycles. The van der Waals surface area contributed by atoms with Gasteiger partial charge < -0.3 is 24.7 Å². The van der Waals surface area contributed by atoms with Crippen LogP contribution in [0.25, 0.3) is 10.9 Å². The van der Waals surface area contributed by atoms with Gasteiger partial charge in [-0.2, -0.15) is 0 Å². The number of carbonyl (C=O) groups excluding carboxylic acids is 2. The summed E-state index contributed by atoms with van der Waals surface area (Å²) in [6, 6.07) is 5.06. The zero-order chi connectivity index (χ0) is 19.6. The SMILES string of the molecule is CC[C@H](C)[C@H](NC(=O)N1CCc2c([nH]c3ccc(OC)cc23)C1)C(=O)OC. The van der Waals surface area contributed by atoms with Crippen LogP contribution in [-0.2, 0) is 22.5 Å². The summed E-state index contributed by atoms with van der Waals surface area (Å²) in [5, 5.41) is 3.99. The van der Waals surface area contributed by atoms with Crippen molar-refractivity contribution in [2.45, 2.75) is 39.3 Å². The van der Waals surface area contributed by atoms with Crippen molar-refractivity contribution < 1.29 is 19.1 Å². The average Bonchev–Trinajstić information content (AvgIpc) is 3.07. The zero-order valence-electron chi connectivity index (χ0n) is 16.3. The highest BCUT2D eigenvalue weighted by Crippen LogP contribution is 2.30. The maximum absolute atomic E-state index is 12.7. The Kier molecular flexibility index (Phi) is 5.58. The van der Waals surface area contributed by atoms with Crippen LogP contribution in [0.1, 0.15) is 31.5 Å². The number of ether oxygens (including phenoxy) is 2. The van der Waals surface area contributed by atoms with Crippen LogP contribution in [-0.4, -0.2) is 48.7 Å². The summed E-state index contributed by atoms with van der Waals surface area (Å²) in [7, 11) is 3.00. The van der Waals surface area contributed by atoms with Gasteiger partial charge in [0.25, 0.3) is 0 Å². The van der Waals surface area contributed by atoms with Crippen LogP contribution in [0.3, 0.4) is 0 Å². The normalized spacial score (nSPS) is 15.8. The van der Waals surface area contributed by atoms with E-state index in [-0.39, 0.29) is 11.9 Å². The number of esters is 1. The minimum absolute atomic E-state index is 0.00212. The van der Waals surface area contributed by atoms with Crippen molar-refractivity contribution in [1.82, 2.24) is 15.2 Å². The second kappa shape index (κ2) is 7.90. The van der Waals surface area contributed by atoms with Gasteiger partial charge >= 0.3 is 12.0 Å². The van der Waals surface area contributed by atoms with Crippen molar-refractivity contribution in [3.8, 4) is 5.75 Å². The van der Waals surface area contributed by atoms with Crippen molar-refractivity contribution in [1.29, 1.82) is 0 Å². The number of amides is 2. The topological polar surface area (TPSA) is 83.7 Å². The molecule has 3 rings (SSSR count). The molecule has 2 amide bonds. The molecule has 7 heteroatoms. The van der Waals surface area contributed by atoms with E-state index in [0.717, 1.165) is 35.2 Å². The molecule has 7 nitrogen and oxygen atoms in total.